The Balaban J connectivity index is 1.70. The van der Waals surface area contributed by atoms with Crippen LogP contribution in [0.5, 0.6) is 23.0 Å². The zero-order valence-electron chi connectivity index (χ0n) is 51.7. The number of hydrogen-bond donors (Lipinski definition) is 4. The van der Waals surface area contributed by atoms with Crippen LogP contribution in [0.2, 0.25) is 0 Å². The Morgan fingerprint density at radius 3 is 0.684 bits per heavy atom. The minimum absolute atomic E-state index is 0.0503. The van der Waals surface area contributed by atoms with Gasteiger partial charge in [-0.1, -0.05) is 173 Å². The summed E-state index contributed by atoms with van der Waals surface area (Å²) in [5.41, 5.74) is 5.37. The lowest BCUT2D eigenvalue weighted by molar-refractivity contribution is -0.170. The molecule has 0 unspecified atom stereocenters. The summed E-state index contributed by atoms with van der Waals surface area (Å²) in [6, 6.07) is 15.1. The van der Waals surface area contributed by atoms with Crippen LogP contribution in [-0.2, 0) is 96.3 Å². The van der Waals surface area contributed by atoms with E-state index < -0.39 is 77.4 Å². The normalized spacial score (nSPS) is 12.8. The van der Waals surface area contributed by atoms with Gasteiger partial charge in [-0.25, -0.2) is 0 Å². The number of benzene rings is 4. The third kappa shape index (κ3) is 18.5. The van der Waals surface area contributed by atoms with Crippen LogP contribution < -0.4 is 0 Å². The molecular weight excluding hydrogens is 997 g/mol. The molecule has 79 heavy (non-hydrogen) atoms. The van der Waals surface area contributed by atoms with Gasteiger partial charge in [0.1, 0.15) is 54.8 Å². The van der Waals surface area contributed by atoms with E-state index in [4.69, 9.17) is 18.9 Å². The Morgan fingerprint density at radius 2 is 0.494 bits per heavy atom. The van der Waals surface area contributed by atoms with Crippen molar-refractivity contribution in [3.8, 4) is 23.0 Å². The van der Waals surface area contributed by atoms with Crippen LogP contribution >= 0.6 is 0 Å². The lowest BCUT2D eigenvalue weighted by atomic mass is 9.78. The van der Waals surface area contributed by atoms with Crippen LogP contribution in [0, 0.1) is 19.3 Å². The first-order valence-corrected chi connectivity index (χ1v) is 28.0. The topological polar surface area (TPSA) is 186 Å². The van der Waals surface area contributed by atoms with E-state index in [9.17, 15) is 39.6 Å². The van der Waals surface area contributed by atoms with Crippen molar-refractivity contribution in [3.05, 3.63) is 115 Å². The van der Waals surface area contributed by atoms with Crippen molar-refractivity contribution < 1.29 is 58.6 Å². The van der Waals surface area contributed by atoms with E-state index in [0.717, 1.165) is 55.6 Å². The molecule has 12 nitrogen and oxygen atoms in total. The predicted octanol–water partition coefficient (Wildman–Crippen LogP) is 13.9. The van der Waals surface area contributed by atoms with Gasteiger partial charge in [0.15, 0.2) is 0 Å². The highest BCUT2D eigenvalue weighted by atomic mass is 16.6. The van der Waals surface area contributed by atoms with Crippen molar-refractivity contribution >= 4 is 23.9 Å². The molecule has 0 aliphatic rings. The van der Waals surface area contributed by atoms with Gasteiger partial charge in [0.05, 0.1) is 0 Å². The average Bonchev–Trinajstić information content (AvgIpc) is 3.31. The van der Waals surface area contributed by atoms with Crippen molar-refractivity contribution in [2.24, 2.45) is 5.41 Å². The average molecular weight is 1090 g/mol. The molecule has 0 atom stereocenters. The van der Waals surface area contributed by atoms with Crippen LogP contribution in [0.25, 0.3) is 0 Å². The van der Waals surface area contributed by atoms with E-state index in [-0.39, 0.29) is 72.4 Å². The monoisotopic (exact) mass is 1090 g/mol. The third-order valence-electron chi connectivity index (χ3n) is 14.5. The summed E-state index contributed by atoms with van der Waals surface area (Å²) < 4.78 is 24.1. The number of phenolic OH excluding ortho intramolecular Hbond substituents is 4. The quantitative estimate of drug-likeness (QED) is 0.0485. The van der Waals surface area contributed by atoms with Gasteiger partial charge in [0, 0.05) is 25.7 Å². The molecule has 0 saturated carbocycles. The number of carbonyl (C=O) groups excluding carboxylic acids is 4. The molecule has 0 saturated heterocycles. The molecule has 0 spiro atoms. The van der Waals surface area contributed by atoms with Gasteiger partial charge < -0.3 is 39.4 Å². The van der Waals surface area contributed by atoms with E-state index >= 15 is 0 Å². The van der Waals surface area contributed by atoms with Gasteiger partial charge in [-0.3, -0.25) is 19.2 Å². The second-order valence-corrected chi connectivity index (χ2v) is 28.3. The Labute approximate surface area is 473 Å². The van der Waals surface area contributed by atoms with Crippen LogP contribution in [-0.4, -0.2) is 70.7 Å². The molecule has 436 valence electrons. The lowest BCUT2D eigenvalue weighted by Gasteiger charge is -2.32. The minimum atomic E-state index is -1.56. The predicted molar refractivity (Wildman–Crippen MR) is 314 cm³/mol. The van der Waals surface area contributed by atoms with Crippen molar-refractivity contribution in [1.29, 1.82) is 0 Å². The number of rotatable bonds is 20. The molecule has 4 N–H and O–H groups in total. The summed E-state index contributed by atoms with van der Waals surface area (Å²) in [4.78, 5) is 55.6. The van der Waals surface area contributed by atoms with E-state index in [0.29, 0.717) is 24.0 Å². The van der Waals surface area contributed by atoms with Crippen molar-refractivity contribution in [2.75, 3.05) is 26.4 Å². The number of phenols is 4. The fourth-order valence-electron chi connectivity index (χ4n) is 9.56. The van der Waals surface area contributed by atoms with E-state index in [1.165, 1.54) is 0 Å². The summed E-state index contributed by atoms with van der Waals surface area (Å²) in [7, 11) is 0. The van der Waals surface area contributed by atoms with Crippen LogP contribution in [0.1, 0.15) is 217 Å². The van der Waals surface area contributed by atoms with Crippen molar-refractivity contribution in [1.82, 2.24) is 0 Å². The first-order valence-electron chi connectivity index (χ1n) is 28.0. The molecule has 0 heterocycles. The maximum absolute atomic E-state index is 14.0. The van der Waals surface area contributed by atoms with E-state index in [1.54, 1.807) is 0 Å². The van der Waals surface area contributed by atoms with Crippen LogP contribution in [0.15, 0.2) is 48.5 Å². The summed E-state index contributed by atoms with van der Waals surface area (Å²) in [6.45, 7) is 38.1. The molecule has 0 aliphatic heterocycles. The van der Waals surface area contributed by atoms with Crippen molar-refractivity contribution in [2.45, 2.75) is 222 Å². The van der Waals surface area contributed by atoms with E-state index in [1.807, 2.05) is 187 Å². The van der Waals surface area contributed by atoms with Crippen LogP contribution in [0.4, 0.5) is 0 Å². The second kappa shape index (κ2) is 25.2. The molecule has 12 heteroatoms. The highest BCUT2D eigenvalue weighted by Gasteiger charge is 2.39. The fraction of sp³-hybridized carbons (Fsp3) is 0.582. The number of ether oxygens (including phenoxy) is 4. The fourth-order valence-corrected chi connectivity index (χ4v) is 9.56. The zero-order chi connectivity index (χ0) is 60.0. The van der Waals surface area contributed by atoms with Crippen molar-refractivity contribution in [3.63, 3.8) is 0 Å². The molecule has 4 aromatic rings. The molecule has 4 rings (SSSR count). The first kappa shape index (κ1) is 65.5. The van der Waals surface area contributed by atoms with Gasteiger partial charge in [-0.2, -0.15) is 0 Å². The second-order valence-electron chi connectivity index (χ2n) is 28.3. The minimum Gasteiger partial charge on any atom is -0.507 e. The Bertz CT molecular complexity index is 2560. The molecule has 0 radical (unpaired) electrons. The number of aromatic hydroxyl groups is 4. The number of hydrogen-bond acceptors (Lipinski definition) is 12. The Hall–Kier alpha value is -6.04. The SMILES string of the molecule is Cc1cc(CCC(=O)OCC(COC(=O)CCc2cc(C)c(O)c(C(C)(C)C)c2)(COC(=O)CCc2cc(C(C)(C)C)c(O)c(C(C)(C)C)c2)COC(=O)CCc2cc(C(C)(C)C)c(O)c(C(C)(C)C)c2)cc(C(C)(C)C)c1O. The number of aryl methyl sites for hydroxylation is 6. The highest BCUT2D eigenvalue weighted by Crippen LogP contribution is 2.42. The molecule has 0 amide bonds. The first-order chi connectivity index (χ1) is 36.0. The molecule has 0 fully saturated rings. The van der Waals surface area contributed by atoms with Crippen LogP contribution in [0.3, 0.4) is 0 Å². The number of esters is 4. The standard InChI is InChI=1S/C67H96O12/c1-41-29-43(31-47(57(41)72)61(3,4)5)21-25-53(68)76-37-67(38-77-54(69)26-22-44-30-42(2)58(73)48(32-44)62(6,7)8,39-78-55(70)27-23-45-33-49(63(9,10)11)59(74)50(34-45)64(12,13)14)40-79-56(71)28-24-46-35-51(65(15,16)17)60(75)52(36-46)66(18,19)20/h29-36,72-75H,21-28,37-40H2,1-20H3. The van der Waals surface area contributed by atoms with Gasteiger partial charge in [0.2, 0.25) is 0 Å². The largest absolute Gasteiger partial charge is 0.507 e. The summed E-state index contributed by atoms with van der Waals surface area (Å²) in [5, 5.41) is 44.5. The molecular formula is C67H96O12. The van der Waals surface area contributed by atoms with Gasteiger partial charge in [-0.05, 0) is 139 Å². The summed E-state index contributed by atoms with van der Waals surface area (Å²) >= 11 is 0. The highest BCUT2D eigenvalue weighted by molar-refractivity contribution is 5.72. The maximum atomic E-state index is 14.0. The van der Waals surface area contributed by atoms with Gasteiger partial charge in [0.25, 0.3) is 0 Å². The Morgan fingerprint density at radius 1 is 0.316 bits per heavy atom. The molecule has 4 aromatic carbocycles. The van der Waals surface area contributed by atoms with E-state index in [2.05, 4.69) is 0 Å². The third-order valence-corrected chi connectivity index (χ3v) is 14.5. The Kier molecular flexibility index (Phi) is 20.9. The van der Waals surface area contributed by atoms with Gasteiger partial charge >= 0.3 is 23.9 Å². The molecule has 0 aliphatic carbocycles. The summed E-state index contributed by atoms with van der Waals surface area (Å²) in [5.74, 6) is -1.52. The molecule has 0 aromatic heterocycles. The smallest absolute Gasteiger partial charge is 0.306 e. The lowest BCUT2D eigenvalue weighted by Crippen LogP contribution is -2.44. The summed E-state index contributed by atoms with van der Waals surface area (Å²) in [6.07, 6.45) is 0.929. The molecule has 0 bridgehead atoms. The zero-order valence-corrected chi connectivity index (χ0v) is 51.7. The maximum Gasteiger partial charge on any atom is 0.306 e. The van der Waals surface area contributed by atoms with Gasteiger partial charge in [-0.15, -0.1) is 0 Å². The number of carbonyl (C=O) groups is 4.